The lowest BCUT2D eigenvalue weighted by Gasteiger charge is -2.32. The Labute approximate surface area is 181 Å². The number of amides is 1. The molecule has 0 aromatic carbocycles. The van der Waals surface area contributed by atoms with Gasteiger partial charge in [0.05, 0.1) is 21.1 Å². The van der Waals surface area contributed by atoms with Gasteiger partial charge in [0.25, 0.3) is 5.91 Å². The summed E-state index contributed by atoms with van der Waals surface area (Å²) in [4.78, 5) is 21.0. The number of rotatable bonds is 3. The highest BCUT2D eigenvalue weighted by molar-refractivity contribution is 7.19. The quantitative estimate of drug-likeness (QED) is 0.530. The van der Waals surface area contributed by atoms with Crippen molar-refractivity contribution in [2.75, 3.05) is 33.2 Å². The minimum atomic E-state index is -5.86. The number of aromatic nitrogens is 3. The fourth-order valence-corrected chi connectivity index (χ4v) is 4.24. The molecule has 6 nitrogen and oxygen atoms in total. The standard InChI is InChI=1S/C18H15ClF5N5OS/c1-27-4-6-28(7-5-27)16(30)10-9-25-29-13(17(20,21)18(22,23)24)8-11(26-15(10)29)12-2-3-14(19)31-12/h2-3,8-9H,4-7H2,1H3. The van der Waals surface area contributed by atoms with Crippen LogP contribution in [0.2, 0.25) is 4.34 Å². The SMILES string of the molecule is CN1CCN(C(=O)c2cnn3c(C(F)(F)C(F)(F)F)cc(-c4ccc(Cl)s4)nc23)CC1. The predicted octanol–water partition coefficient (Wildman–Crippen LogP) is 4.15. The molecule has 0 N–H and O–H groups in total. The zero-order valence-corrected chi connectivity index (χ0v) is 17.5. The van der Waals surface area contributed by atoms with Crippen molar-refractivity contribution >= 4 is 34.5 Å². The summed E-state index contributed by atoms with van der Waals surface area (Å²) in [5.74, 6) is -5.75. The Balaban J connectivity index is 1.89. The van der Waals surface area contributed by atoms with Crippen LogP contribution in [0.15, 0.2) is 24.4 Å². The van der Waals surface area contributed by atoms with E-state index in [0.29, 0.717) is 41.1 Å². The zero-order chi connectivity index (χ0) is 22.6. The number of likely N-dealkylation sites (N-methyl/N-ethyl adjacent to an activating group) is 1. The monoisotopic (exact) mass is 479 g/mol. The van der Waals surface area contributed by atoms with Crippen LogP contribution in [-0.4, -0.2) is 69.7 Å². The van der Waals surface area contributed by atoms with Gasteiger partial charge in [-0.2, -0.15) is 27.1 Å². The van der Waals surface area contributed by atoms with E-state index in [4.69, 9.17) is 11.6 Å². The minimum absolute atomic E-state index is 0.145. The van der Waals surface area contributed by atoms with E-state index in [1.54, 1.807) is 0 Å². The number of nitrogens with zero attached hydrogens (tertiary/aromatic N) is 5. The molecule has 0 radical (unpaired) electrons. The number of carbonyl (C=O) groups is 1. The second-order valence-electron chi connectivity index (χ2n) is 7.09. The van der Waals surface area contributed by atoms with E-state index in [0.717, 1.165) is 17.5 Å². The topological polar surface area (TPSA) is 53.7 Å². The molecule has 0 spiro atoms. The Morgan fingerprint density at radius 3 is 2.39 bits per heavy atom. The third-order valence-electron chi connectivity index (χ3n) is 5.00. The first-order valence-electron chi connectivity index (χ1n) is 9.06. The summed E-state index contributed by atoms with van der Waals surface area (Å²) in [7, 11) is 1.89. The Bertz CT molecular complexity index is 1140. The van der Waals surface area contributed by atoms with Gasteiger partial charge in [-0.3, -0.25) is 4.79 Å². The molecule has 1 amide bonds. The van der Waals surface area contributed by atoms with E-state index < -0.39 is 23.7 Å². The number of carbonyl (C=O) groups excluding carboxylic acids is 1. The number of alkyl halides is 5. The summed E-state index contributed by atoms with van der Waals surface area (Å²) in [5.41, 5.74) is -2.10. The molecule has 13 heteroatoms. The average molecular weight is 480 g/mol. The molecule has 0 atom stereocenters. The van der Waals surface area contributed by atoms with Crippen molar-refractivity contribution in [2.45, 2.75) is 12.1 Å². The van der Waals surface area contributed by atoms with Crippen LogP contribution in [0.5, 0.6) is 0 Å². The van der Waals surface area contributed by atoms with Crippen molar-refractivity contribution in [1.29, 1.82) is 0 Å². The van der Waals surface area contributed by atoms with E-state index in [2.05, 4.69) is 10.1 Å². The Morgan fingerprint density at radius 2 is 1.81 bits per heavy atom. The lowest BCUT2D eigenvalue weighted by Crippen LogP contribution is -2.47. The van der Waals surface area contributed by atoms with Gasteiger partial charge in [-0.15, -0.1) is 11.3 Å². The molecule has 1 saturated heterocycles. The number of piperazine rings is 1. The highest BCUT2D eigenvalue weighted by Gasteiger charge is 2.60. The van der Waals surface area contributed by atoms with Crippen LogP contribution in [0.1, 0.15) is 16.1 Å². The molecule has 1 fully saturated rings. The number of hydrogen-bond donors (Lipinski definition) is 0. The lowest BCUT2D eigenvalue weighted by molar-refractivity contribution is -0.291. The molecule has 31 heavy (non-hydrogen) atoms. The fraction of sp³-hybridized carbons (Fsp3) is 0.389. The molecule has 3 aromatic rings. The first kappa shape index (κ1) is 21.9. The number of fused-ring (bicyclic) bond motifs is 1. The van der Waals surface area contributed by atoms with Gasteiger partial charge in [0, 0.05) is 26.2 Å². The number of halogens is 6. The van der Waals surface area contributed by atoms with E-state index in [-0.39, 0.29) is 21.8 Å². The van der Waals surface area contributed by atoms with Gasteiger partial charge < -0.3 is 9.80 Å². The first-order chi connectivity index (χ1) is 14.5. The molecule has 0 saturated carbocycles. The molecular formula is C18H15ClF5N5OS. The molecule has 1 aliphatic heterocycles. The number of thiophene rings is 1. The average Bonchev–Trinajstić information content (AvgIpc) is 3.32. The van der Waals surface area contributed by atoms with Gasteiger partial charge >= 0.3 is 12.1 Å². The third-order valence-corrected chi connectivity index (χ3v) is 6.25. The maximum atomic E-state index is 14.4. The molecule has 4 heterocycles. The highest BCUT2D eigenvalue weighted by Crippen LogP contribution is 2.45. The fourth-order valence-electron chi connectivity index (χ4n) is 3.24. The summed E-state index contributed by atoms with van der Waals surface area (Å²) in [6, 6.07) is 3.56. The Kier molecular flexibility index (Phi) is 5.42. The maximum Gasteiger partial charge on any atom is 0.459 e. The van der Waals surface area contributed by atoms with Crippen molar-refractivity contribution in [3.8, 4) is 10.6 Å². The molecule has 0 bridgehead atoms. The summed E-state index contributed by atoms with van der Waals surface area (Å²) >= 11 is 6.85. The normalized spacial score (nSPS) is 16.3. The third kappa shape index (κ3) is 3.87. The smallest absolute Gasteiger partial charge is 0.336 e. The lowest BCUT2D eigenvalue weighted by atomic mass is 10.1. The summed E-state index contributed by atoms with van der Waals surface area (Å²) < 4.78 is 68.9. The largest absolute Gasteiger partial charge is 0.459 e. The Morgan fingerprint density at radius 1 is 1.13 bits per heavy atom. The van der Waals surface area contributed by atoms with Gasteiger partial charge in [0.15, 0.2) is 5.65 Å². The van der Waals surface area contributed by atoms with Crippen molar-refractivity contribution in [1.82, 2.24) is 24.4 Å². The van der Waals surface area contributed by atoms with Crippen molar-refractivity contribution in [3.63, 3.8) is 0 Å². The molecular weight excluding hydrogens is 465 g/mol. The minimum Gasteiger partial charge on any atom is -0.336 e. The second kappa shape index (κ2) is 7.68. The second-order valence-corrected chi connectivity index (χ2v) is 8.81. The molecule has 3 aromatic heterocycles. The van der Waals surface area contributed by atoms with E-state index >= 15 is 0 Å². The molecule has 1 aliphatic rings. The van der Waals surface area contributed by atoms with Crippen molar-refractivity contribution in [3.05, 3.63) is 40.0 Å². The van der Waals surface area contributed by atoms with E-state index in [1.165, 1.54) is 17.0 Å². The van der Waals surface area contributed by atoms with Crippen LogP contribution in [-0.2, 0) is 5.92 Å². The van der Waals surface area contributed by atoms with Crippen LogP contribution in [0, 0.1) is 0 Å². The van der Waals surface area contributed by atoms with Crippen LogP contribution in [0.25, 0.3) is 16.2 Å². The number of hydrogen-bond acceptors (Lipinski definition) is 5. The van der Waals surface area contributed by atoms with Crippen LogP contribution in [0.4, 0.5) is 22.0 Å². The molecule has 166 valence electrons. The maximum absolute atomic E-state index is 14.4. The van der Waals surface area contributed by atoms with Gasteiger partial charge in [0.2, 0.25) is 0 Å². The summed E-state index contributed by atoms with van der Waals surface area (Å²) in [6.07, 6.45) is -4.89. The van der Waals surface area contributed by atoms with E-state index in [1.807, 2.05) is 11.9 Å². The van der Waals surface area contributed by atoms with E-state index in [9.17, 15) is 26.7 Å². The molecule has 0 aliphatic carbocycles. The molecule has 4 rings (SSSR count). The zero-order valence-electron chi connectivity index (χ0n) is 16.0. The summed E-state index contributed by atoms with van der Waals surface area (Å²) in [6.45, 7) is 1.99. The van der Waals surface area contributed by atoms with Crippen LogP contribution >= 0.6 is 22.9 Å². The molecule has 0 unspecified atom stereocenters. The summed E-state index contributed by atoms with van der Waals surface area (Å²) in [5, 5.41) is 3.66. The van der Waals surface area contributed by atoms with Crippen molar-refractivity contribution < 1.29 is 26.7 Å². The van der Waals surface area contributed by atoms with Crippen LogP contribution < -0.4 is 0 Å². The predicted molar refractivity (Wildman–Crippen MR) is 105 cm³/mol. The van der Waals surface area contributed by atoms with Gasteiger partial charge in [-0.05, 0) is 25.2 Å². The van der Waals surface area contributed by atoms with Gasteiger partial charge in [0.1, 0.15) is 11.3 Å². The first-order valence-corrected chi connectivity index (χ1v) is 10.3. The van der Waals surface area contributed by atoms with Crippen LogP contribution in [0.3, 0.4) is 0 Å². The van der Waals surface area contributed by atoms with Gasteiger partial charge in [-0.25, -0.2) is 9.50 Å². The Hall–Kier alpha value is -2.31. The van der Waals surface area contributed by atoms with Gasteiger partial charge in [-0.1, -0.05) is 11.6 Å². The highest BCUT2D eigenvalue weighted by atomic mass is 35.5. The van der Waals surface area contributed by atoms with Crippen molar-refractivity contribution in [2.24, 2.45) is 0 Å².